The van der Waals surface area contributed by atoms with E-state index in [1.54, 1.807) is 24.4 Å². The molecule has 0 radical (unpaired) electrons. The SMILES string of the molecule is CCOC(=O)Cc1csc(NC(=O)C2CCCN(c3ccc(-c4ccc(F)cc4)nn3)C2)n1. The highest BCUT2D eigenvalue weighted by Crippen LogP contribution is 2.25. The Labute approximate surface area is 194 Å². The molecule has 1 aromatic carbocycles. The molecule has 3 heterocycles. The van der Waals surface area contributed by atoms with E-state index in [1.165, 1.54) is 23.5 Å². The van der Waals surface area contributed by atoms with Crippen LogP contribution in [0.5, 0.6) is 0 Å². The first-order chi connectivity index (χ1) is 16.0. The zero-order valence-corrected chi connectivity index (χ0v) is 19.0. The highest BCUT2D eigenvalue weighted by atomic mass is 32.1. The van der Waals surface area contributed by atoms with Gasteiger partial charge >= 0.3 is 5.97 Å². The average Bonchev–Trinajstić information content (AvgIpc) is 3.26. The number of ether oxygens (including phenoxy) is 1. The molecule has 172 valence electrons. The van der Waals surface area contributed by atoms with Crippen LogP contribution in [-0.4, -0.2) is 46.8 Å². The zero-order chi connectivity index (χ0) is 23.2. The molecule has 1 amide bonds. The Morgan fingerprint density at radius 1 is 1.21 bits per heavy atom. The van der Waals surface area contributed by atoms with Gasteiger partial charge in [0.15, 0.2) is 10.9 Å². The van der Waals surface area contributed by atoms with Crippen molar-refractivity contribution in [2.75, 3.05) is 29.9 Å². The third-order valence-corrected chi connectivity index (χ3v) is 6.13. The number of thiazole rings is 1. The number of amides is 1. The van der Waals surface area contributed by atoms with Gasteiger partial charge in [-0.05, 0) is 56.2 Å². The lowest BCUT2D eigenvalue weighted by Gasteiger charge is -2.32. The van der Waals surface area contributed by atoms with Crippen LogP contribution in [0.2, 0.25) is 0 Å². The van der Waals surface area contributed by atoms with Crippen LogP contribution in [0.15, 0.2) is 41.8 Å². The minimum Gasteiger partial charge on any atom is -0.466 e. The van der Waals surface area contributed by atoms with Crippen LogP contribution in [0.25, 0.3) is 11.3 Å². The molecule has 1 aliphatic heterocycles. The Hall–Kier alpha value is -3.40. The summed E-state index contributed by atoms with van der Waals surface area (Å²) in [6.45, 7) is 3.39. The molecule has 2 aromatic heterocycles. The fourth-order valence-corrected chi connectivity index (χ4v) is 4.39. The van der Waals surface area contributed by atoms with Crippen molar-refractivity contribution < 1.29 is 18.7 Å². The molecule has 0 saturated carbocycles. The van der Waals surface area contributed by atoms with Gasteiger partial charge in [0.25, 0.3) is 0 Å². The third-order valence-electron chi connectivity index (χ3n) is 5.32. The second-order valence-corrected chi connectivity index (χ2v) is 8.54. The number of halogens is 1. The first-order valence-electron chi connectivity index (χ1n) is 10.8. The van der Waals surface area contributed by atoms with Crippen molar-refractivity contribution in [1.29, 1.82) is 0 Å². The average molecular weight is 470 g/mol. The van der Waals surface area contributed by atoms with Gasteiger partial charge in [-0.25, -0.2) is 9.37 Å². The number of hydrogen-bond acceptors (Lipinski definition) is 8. The molecule has 1 atom stereocenters. The van der Waals surface area contributed by atoms with Crippen LogP contribution >= 0.6 is 11.3 Å². The standard InChI is InChI=1S/C23H24FN5O3S/c1-2-32-21(30)12-18-14-33-23(25-18)26-22(31)16-4-3-11-29(13-16)20-10-9-19(27-28-20)15-5-7-17(24)8-6-15/h5-10,14,16H,2-4,11-13H2,1H3,(H,25,26,31). The van der Waals surface area contributed by atoms with Gasteiger partial charge in [0.2, 0.25) is 5.91 Å². The number of aromatic nitrogens is 3. The minimum atomic E-state index is -0.338. The van der Waals surface area contributed by atoms with E-state index in [2.05, 4.69) is 20.5 Å². The number of esters is 1. The number of piperidine rings is 1. The summed E-state index contributed by atoms with van der Waals surface area (Å²) in [6, 6.07) is 9.82. The monoisotopic (exact) mass is 469 g/mol. The lowest BCUT2D eigenvalue weighted by molar-refractivity contribution is -0.142. The maximum atomic E-state index is 13.1. The van der Waals surface area contributed by atoms with E-state index in [-0.39, 0.29) is 30.0 Å². The van der Waals surface area contributed by atoms with E-state index in [0.717, 1.165) is 24.9 Å². The molecule has 4 rings (SSSR count). The Morgan fingerprint density at radius 3 is 2.76 bits per heavy atom. The number of rotatable bonds is 7. The Morgan fingerprint density at radius 2 is 2.03 bits per heavy atom. The molecule has 8 nitrogen and oxygen atoms in total. The maximum Gasteiger partial charge on any atom is 0.311 e. The van der Waals surface area contributed by atoms with Crippen molar-refractivity contribution in [2.45, 2.75) is 26.2 Å². The quantitative estimate of drug-likeness (QED) is 0.527. The normalized spacial score (nSPS) is 15.8. The molecule has 1 unspecified atom stereocenters. The number of carbonyl (C=O) groups is 2. The second-order valence-electron chi connectivity index (χ2n) is 7.68. The van der Waals surface area contributed by atoms with Gasteiger partial charge in [0, 0.05) is 24.0 Å². The molecule has 0 spiro atoms. The van der Waals surface area contributed by atoms with Gasteiger partial charge in [-0.1, -0.05) is 0 Å². The minimum absolute atomic E-state index is 0.0873. The van der Waals surface area contributed by atoms with E-state index < -0.39 is 0 Å². The van der Waals surface area contributed by atoms with Crippen LogP contribution in [0.3, 0.4) is 0 Å². The summed E-state index contributed by atoms with van der Waals surface area (Å²) >= 11 is 1.29. The van der Waals surface area contributed by atoms with E-state index in [1.807, 2.05) is 17.0 Å². The molecular formula is C23H24FN5O3S. The summed E-state index contributed by atoms with van der Waals surface area (Å²) in [4.78, 5) is 30.8. The van der Waals surface area contributed by atoms with Gasteiger partial charge in [-0.3, -0.25) is 9.59 Å². The summed E-state index contributed by atoms with van der Waals surface area (Å²) < 4.78 is 18.1. The van der Waals surface area contributed by atoms with E-state index in [0.29, 0.717) is 35.5 Å². The van der Waals surface area contributed by atoms with E-state index in [4.69, 9.17) is 4.74 Å². The highest BCUT2D eigenvalue weighted by molar-refractivity contribution is 7.13. The molecule has 1 saturated heterocycles. The first kappa shape index (κ1) is 22.8. The van der Waals surface area contributed by atoms with Crippen LogP contribution in [-0.2, 0) is 20.7 Å². The lowest BCUT2D eigenvalue weighted by Crippen LogP contribution is -2.41. The largest absolute Gasteiger partial charge is 0.466 e. The van der Waals surface area contributed by atoms with Gasteiger partial charge in [0.05, 0.1) is 30.3 Å². The number of hydrogen-bond donors (Lipinski definition) is 1. The van der Waals surface area contributed by atoms with Crippen LogP contribution < -0.4 is 10.2 Å². The lowest BCUT2D eigenvalue weighted by atomic mass is 9.97. The number of carbonyl (C=O) groups excluding carboxylic acids is 2. The van der Waals surface area contributed by atoms with Gasteiger partial charge in [-0.2, -0.15) is 0 Å². The van der Waals surface area contributed by atoms with Crippen LogP contribution in [0.1, 0.15) is 25.5 Å². The molecule has 1 aliphatic rings. The topological polar surface area (TPSA) is 97.3 Å². The predicted octanol–water partition coefficient (Wildman–Crippen LogP) is 3.70. The molecule has 10 heteroatoms. The number of nitrogens with one attached hydrogen (secondary N) is 1. The van der Waals surface area contributed by atoms with E-state index >= 15 is 0 Å². The summed E-state index contributed by atoms with van der Waals surface area (Å²) in [7, 11) is 0. The Bertz CT molecular complexity index is 1100. The maximum absolute atomic E-state index is 13.1. The van der Waals surface area contributed by atoms with Crippen molar-refractivity contribution in [2.24, 2.45) is 5.92 Å². The Balaban J connectivity index is 1.35. The van der Waals surface area contributed by atoms with Crippen LogP contribution in [0.4, 0.5) is 15.3 Å². The molecule has 33 heavy (non-hydrogen) atoms. The van der Waals surface area contributed by atoms with Crippen molar-refractivity contribution in [3.8, 4) is 11.3 Å². The molecule has 1 fully saturated rings. The van der Waals surface area contributed by atoms with E-state index in [9.17, 15) is 14.0 Å². The highest BCUT2D eigenvalue weighted by Gasteiger charge is 2.27. The smallest absolute Gasteiger partial charge is 0.311 e. The summed E-state index contributed by atoms with van der Waals surface area (Å²) in [6.07, 6.45) is 1.71. The molecular weight excluding hydrogens is 445 g/mol. The fraction of sp³-hybridized carbons (Fsp3) is 0.348. The summed E-state index contributed by atoms with van der Waals surface area (Å²) in [5.74, 6) is -0.254. The number of anilines is 2. The van der Waals surface area contributed by atoms with Crippen LogP contribution in [0, 0.1) is 11.7 Å². The predicted molar refractivity (Wildman–Crippen MR) is 123 cm³/mol. The molecule has 3 aromatic rings. The zero-order valence-electron chi connectivity index (χ0n) is 18.2. The van der Waals surface area contributed by atoms with Gasteiger partial charge < -0.3 is 15.0 Å². The van der Waals surface area contributed by atoms with Gasteiger partial charge in [-0.15, -0.1) is 21.5 Å². The molecule has 1 N–H and O–H groups in total. The molecule has 0 aliphatic carbocycles. The first-order valence-corrected chi connectivity index (χ1v) is 11.7. The van der Waals surface area contributed by atoms with Gasteiger partial charge in [0.1, 0.15) is 5.82 Å². The number of benzene rings is 1. The van der Waals surface area contributed by atoms with Crippen molar-refractivity contribution in [3.05, 3.63) is 53.3 Å². The van der Waals surface area contributed by atoms with Crippen molar-refractivity contribution in [3.63, 3.8) is 0 Å². The molecule has 0 bridgehead atoms. The summed E-state index contributed by atoms with van der Waals surface area (Å²) in [5.41, 5.74) is 2.03. The van der Waals surface area contributed by atoms with Crippen molar-refractivity contribution in [1.82, 2.24) is 15.2 Å². The third kappa shape index (κ3) is 5.89. The fourth-order valence-electron chi connectivity index (χ4n) is 3.68. The van der Waals surface area contributed by atoms with Crippen molar-refractivity contribution >= 4 is 34.2 Å². The Kier molecular flexibility index (Phi) is 7.23. The summed E-state index contributed by atoms with van der Waals surface area (Å²) in [5, 5.41) is 13.7. The number of nitrogens with zero attached hydrogens (tertiary/aromatic N) is 4. The second kappa shape index (κ2) is 10.5.